The van der Waals surface area contributed by atoms with E-state index in [-0.39, 0.29) is 17.8 Å². The third-order valence-corrected chi connectivity index (χ3v) is 3.36. The highest BCUT2D eigenvalue weighted by Gasteiger charge is 2.22. The van der Waals surface area contributed by atoms with Gasteiger partial charge in [-0.1, -0.05) is 27.5 Å². The number of carbonyl (C=O) groups is 1. The molecule has 23 heavy (non-hydrogen) atoms. The smallest absolute Gasteiger partial charge is 0.362 e. The van der Waals surface area contributed by atoms with Crippen molar-refractivity contribution in [3.8, 4) is 0 Å². The van der Waals surface area contributed by atoms with E-state index in [0.29, 0.717) is 32.0 Å². The van der Waals surface area contributed by atoms with Crippen LogP contribution in [0.15, 0.2) is 4.99 Å². The van der Waals surface area contributed by atoms with Gasteiger partial charge in [-0.25, -0.2) is 10.2 Å². The fourth-order valence-electron chi connectivity index (χ4n) is 2.07. The Labute approximate surface area is 137 Å². The van der Waals surface area contributed by atoms with Crippen molar-refractivity contribution in [2.24, 2.45) is 22.4 Å². The van der Waals surface area contributed by atoms with E-state index in [1.54, 1.807) is 0 Å². The van der Waals surface area contributed by atoms with Crippen LogP contribution in [-0.4, -0.2) is 47.3 Å². The summed E-state index contributed by atoms with van der Waals surface area (Å²) in [5, 5.41) is 10.8. The van der Waals surface area contributed by atoms with Crippen molar-refractivity contribution < 1.29 is 15.0 Å². The van der Waals surface area contributed by atoms with Gasteiger partial charge in [-0.15, -0.1) is 0 Å². The van der Waals surface area contributed by atoms with Gasteiger partial charge in [0.15, 0.2) is 6.71 Å². The van der Waals surface area contributed by atoms with Crippen LogP contribution in [0.25, 0.3) is 0 Å². The first-order chi connectivity index (χ1) is 10.6. The van der Waals surface area contributed by atoms with Gasteiger partial charge in [-0.2, -0.15) is 0 Å². The summed E-state index contributed by atoms with van der Waals surface area (Å²) in [4.78, 5) is 26.2. The molecule has 0 aliphatic carbocycles. The Morgan fingerprint density at radius 2 is 2.00 bits per heavy atom. The number of aliphatic imine (C=N–C) groups is 1. The molecule has 0 rings (SSSR count). The predicted octanol–water partition coefficient (Wildman–Crippen LogP) is -0.0942. The molecule has 1 amide bonds. The Morgan fingerprint density at radius 1 is 1.39 bits per heavy atom. The summed E-state index contributed by atoms with van der Waals surface area (Å²) in [7, 11) is 0. The van der Waals surface area contributed by atoms with Crippen LogP contribution in [0, 0.1) is 10.8 Å². The highest BCUT2D eigenvalue weighted by atomic mass is 16.7. The molecule has 0 fully saturated rings. The Balaban J connectivity index is 4.21. The van der Waals surface area contributed by atoms with Crippen LogP contribution in [0.4, 0.5) is 0 Å². The molecule has 0 aromatic rings. The molecule has 7 N–H and O–H groups in total. The summed E-state index contributed by atoms with van der Waals surface area (Å²) in [6, 6.07) is -0.610. The van der Waals surface area contributed by atoms with E-state index in [0.717, 1.165) is 6.42 Å². The average molecular weight is 329 g/mol. The Hall–Kier alpha value is -1.84. The lowest BCUT2D eigenvalue weighted by Crippen LogP contribution is -2.50. The van der Waals surface area contributed by atoms with Gasteiger partial charge in [0, 0.05) is 12.5 Å². The van der Waals surface area contributed by atoms with Crippen molar-refractivity contribution in [2.45, 2.75) is 58.7 Å². The van der Waals surface area contributed by atoms with Crippen LogP contribution in [-0.2, 0) is 4.79 Å². The van der Waals surface area contributed by atoms with Crippen LogP contribution in [0.5, 0.6) is 0 Å². The molecule has 0 bridgehead atoms. The monoisotopic (exact) mass is 329 g/mol. The van der Waals surface area contributed by atoms with Gasteiger partial charge in [-0.3, -0.25) is 4.79 Å². The number of guanidine groups is 1. The van der Waals surface area contributed by atoms with E-state index in [4.69, 9.17) is 16.7 Å². The zero-order chi connectivity index (χ0) is 18.0. The number of hydrazine groups is 1. The molecule has 2 atom stereocenters. The molecular formula is C13H30BN6O3+. The molecule has 0 saturated carbocycles. The summed E-state index contributed by atoms with van der Waals surface area (Å²) < 4.78 is 0. The van der Waals surface area contributed by atoms with Crippen LogP contribution in [0.3, 0.4) is 0 Å². The number of hydrogen-bond donors (Lipinski definition) is 5. The van der Waals surface area contributed by atoms with Gasteiger partial charge in [0.2, 0.25) is 5.91 Å². The zero-order valence-electron chi connectivity index (χ0n) is 14.5. The van der Waals surface area contributed by atoms with E-state index in [1.807, 2.05) is 5.43 Å². The highest BCUT2D eigenvalue weighted by molar-refractivity contribution is 6.57. The largest absolute Gasteiger partial charge is 0.365 e. The molecule has 0 aliphatic heterocycles. The van der Waals surface area contributed by atoms with Gasteiger partial charge in [0.1, 0.15) is 4.91 Å². The fourth-order valence-corrected chi connectivity index (χ4v) is 2.07. The molecular weight excluding hydrogens is 299 g/mol. The number of hydrogen-bond acceptors (Lipinski definition) is 4. The lowest BCUT2D eigenvalue weighted by atomic mass is 9.47. The van der Waals surface area contributed by atoms with Crippen LogP contribution in [0.2, 0.25) is 13.6 Å². The van der Waals surface area contributed by atoms with Crippen molar-refractivity contribution in [1.29, 1.82) is 0 Å². The quantitative estimate of drug-likeness (QED) is 0.124. The summed E-state index contributed by atoms with van der Waals surface area (Å²) in [5.41, 5.74) is 13.1. The molecule has 0 radical (unpaired) electrons. The zero-order valence-corrected chi connectivity index (χ0v) is 14.5. The Kier molecular flexibility index (Phi) is 9.96. The van der Waals surface area contributed by atoms with Crippen LogP contribution < -0.4 is 22.2 Å². The van der Waals surface area contributed by atoms with Gasteiger partial charge < -0.3 is 16.8 Å². The average Bonchev–Trinajstić information content (AvgIpc) is 2.41. The molecule has 0 aliphatic rings. The first kappa shape index (κ1) is 21.2. The van der Waals surface area contributed by atoms with E-state index >= 15 is 0 Å². The maximum absolute atomic E-state index is 12.1. The fraction of sp³-hybridized carbons (Fsp3) is 0.846. The Bertz CT molecular complexity index is 417. The van der Waals surface area contributed by atoms with Crippen LogP contribution >= 0.6 is 0 Å². The van der Waals surface area contributed by atoms with Gasteiger partial charge in [0.05, 0.1) is 6.04 Å². The number of nitrogens with one attached hydrogen (secondary N) is 2. The molecule has 9 nitrogen and oxygen atoms in total. The number of amides is 1. The van der Waals surface area contributed by atoms with Gasteiger partial charge in [-0.05, 0) is 30.6 Å². The lowest BCUT2D eigenvalue weighted by molar-refractivity contribution is -0.822. The molecule has 0 aromatic heterocycles. The van der Waals surface area contributed by atoms with E-state index in [2.05, 4.69) is 37.8 Å². The highest BCUT2D eigenvalue weighted by Crippen LogP contribution is 2.08. The third kappa shape index (κ3) is 10.5. The summed E-state index contributed by atoms with van der Waals surface area (Å²) >= 11 is 0. The SMILES string of the molecule is CB(C)[C@H](CC(C)C)NC(=O)[C@@H](N)CCCN=C(N)N[N+](=O)O. The summed E-state index contributed by atoms with van der Waals surface area (Å²) in [6.45, 7) is 9.03. The Morgan fingerprint density at radius 3 is 2.48 bits per heavy atom. The molecule has 0 aromatic carbocycles. The van der Waals surface area contributed by atoms with E-state index in [1.165, 1.54) is 0 Å². The summed E-state index contributed by atoms with van der Waals surface area (Å²) in [6.07, 6.45) is 1.91. The number of carbonyl (C=O) groups excluding carboxylic acids is 1. The van der Waals surface area contributed by atoms with Crippen molar-refractivity contribution in [1.82, 2.24) is 10.7 Å². The second kappa shape index (κ2) is 10.8. The molecule has 10 heteroatoms. The second-order valence-electron chi connectivity index (χ2n) is 6.39. The topological polar surface area (TPSA) is 146 Å². The molecule has 0 spiro atoms. The van der Waals surface area contributed by atoms with E-state index in [9.17, 15) is 9.70 Å². The second-order valence-corrected chi connectivity index (χ2v) is 6.39. The first-order valence-corrected chi connectivity index (χ1v) is 7.92. The first-order valence-electron chi connectivity index (χ1n) is 7.92. The van der Waals surface area contributed by atoms with Gasteiger partial charge in [0.25, 0.3) is 5.96 Å². The predicted molar refractivity (Wildman–Crippen MR) is 91.1 cm³/mol. The molecule has 0 saturated heterocycles. The maximum atomic E-state index is 12.1. The minimum atomic E-state index is -0.610. The minimum absolute atomic E-state index is 0.110. The summed E-state index contributed by atoms with van der Waals surface area (Å²) in [5.74, 6) is 0.243. The molecule has 0 heterocycles. The molecule has 132 valence electrons. The lowest BCUT2D eigenvalue weighted by Gasteiger charge is -2.24. The molecule has 0 unspecified atom stereocenters. The maximum Gasteiger partial charge on any atom is 0.362 e. The number of nitrogens with two attached hydrogens (primary N) is 2. The van der Waals surface area contributed by atoms with Gasteiger partial charge >= 0.3 is 5.03 Å². The van der Waals surface area contributed by atoms with Crippen molar-refractivity contribution in [3.05, 3.63) is 4.91 Å². The minimum Gasteiger partial charge on any atom is -0.365 e. The standard InChI is InChI=1S/C13H29BN6O3/c1-9(2)8-11(14(3)4)18-12(21)10(15)6-5-7-17-13(16)19-20(22)23/h9-11H,5-8,15H2,1-4H3,(H4-,16,17,18,19,21,22,23)/p+1/t10-,11-/m0/s1. The van der Waals surface area contributed by atoms with Crippen molar-refractivity contribution in [2.75, 3.05) is 6.54 Å². The van der Waals surface area contributed by atoms with E-state index < -0.39 is 11.1 Å². The number of rotatable bonds is 10. The normalized spacial score (nSPS) is 14.3. The third-order valence-electron chi connectivity index (χ3n) is 3.36. The van der Waals surface area contributed by atoms with Crippen molar-refractivity contribution >= 4 is 18.6 Å². The number of nitrogens with zero attached hydrogens (tertiary/aromatic N) is 2. The van der Waals surface area contributed by atoms with Crippen LogP contribution in [0.1, 0.15) is 33.1 Å². The van der Waals surface area contributed by atoms with Crippen molar-refractivity contribution in [3.63, 3.8) is 0 Å².